The van der Waals surface area contributed by atoms with Gasteiger partial charge in [0.2, 0.25) is 0 Å². The number of fused-ring (bicyclic) bond motifs is 2. The lowest BCUT2D eigenvalue weighted by Crippen LogP contribution is -2.48. The molecule has 21 heavy (non-hydrogen) atoms. The summed E-state index contributed by atoms with van der Waals surface area (Å²) < 4.78 is 0. The van der Waals surface area contributed by atoms with Crippen LogP contribution in [0, 0.1) is 0 Å². The van der Waals surface area contributed by atoms with E-state index in [1.54, 1.807) is 6.20 Å². The van der Waals surface area contributed by atoms with E-state index in [0.717, 1.165) is 12.8 Å². The molecule has 4 rings (SSSR count). The van der Waals surface area contributed by atoms with Crippen molar-refractivity contribution in [2.24, 2.45) is 0 Å². The smallest absolute Gasteiger partial charge is 0.272 e. The van der Waals surface area contributed by atoms with Crippen molar-refractivity contribution in [3.63, 3.8) is 0 Å². The first kappa shape index (κ1) is 13.2. The molecular weight excluding hydrogens is 264 g/mol. The largest absolute Gasteiger partial charge is 0.348 e. The van der Waals surface area contributed by atoms with Crippen LogP contribution < -0.4 is 5.32 Å². The highest BCUT2D eigenvalue weighted by molar-refractivity contribution is 5.92. The second kappa shape index (κ2) is 5.05. The molecule has 2 aliphatic heterocycles. The van der Waals surface area contributed by atoms with Gasteiger partial charge in [-0.1, -0.05) is 0 Å². The van der Waals surface area contributed by atoms with Crippen molar-refractivity contribution in [1.29, 1.82) is 0 Å². The molecule has 1 aromatic heterocycles. The topological polar surface area (TPSA) is 58.1 Å². The summed E-state index contributed by atoms with van der Waals surface area (Å²) in [4.78, 5) is 14.9. The average molecular weight is 286 g/mol. The molecule has 2 bridgehead atoms. The van der Waals surface area contributed by atoms with E-state index >= 15 is 0 Å². The maximum absolute atomic E-state index is 12.4. The Labute approximate surface area is 125 Å². The highest BCUT2D eigenvalue weighted by Gasteiger charge is 2.39. The third-order valence-corrected chi connectivity index (χ3v) is 5.39. The Balaban J connectivity index is 1.43. The van der Waals surface area contributed by atoms with Crippen LogP contribution in [-0.2, 0) is 0 Å². The Morgan fingerprint density at radius 2 is 1.95 bits per heavy atom. The van der Waals surface area contributed by atoms with Crippen molar-refractivity contribution < 1.29 is 4.79 Å². The summed E-state index contributed by atoms with van der Waals surface area (Å²) in [7, 11) is 2.21. The molecule has 1 aromatic rings. The first-order valence-corrected chi connectivity index (χ1v) is 8.06. The van der Waals surface area contributed by atoms with Crippen molar-refractivity contribution >= 4 is 5.91 Å². The fourth-order valence-corrected chi connectivity index (χ4v) is 3.92. The molecule has 0 radical (unpaired) electrons. The van der Waals surface area contributed by atoms with Crippen LogP contribution in [0.15, 0.2) is 12.3 Å². The number of hydrogen-bond acceptors (Lipinski definition) is 4. The van der Waals surface area contributed by atoms with E-state index in [1.165, 1.54) is 31.2 Å². The molecule has 0 spiro atoms. The number of carbonyl (C=O) groups is 1. The number of nitrogens with one attached hydrogen (secondary N) is 1. The molecule has 3 heterocycles. The molecule has 2 atom stereocenters. The van der Waals surface area contributed by atoms with Gasteiger partial charge < -0.3 is 10.2 Å². The predicted octanol–water partition coefficient (Wildman–Crippen LogP) is 1.71. The number of aromatic nitrogens is 2. The minimum atomic E-state index is -0.0565. The fourth-order valence-electron chi connectivity index (χ4n) is 3.92. The number of piperidine rings is 1. The van der Waals surface area contributed by atoms with Gasteiger partial charge in [-0.3, -0.25) is 4.79 Å². The van der Waals surface area contributed by atoms with E-state index < -0.39 is 0 Å². The summed E-state index contributed by atoms with van der Waals surface area (Å²) in [5.41, 5.74) is 1.64. The zero-order valence-corrected chi connectivity index (χ0v) is 12.5. The zero-order valence-electron chi connectivity index (χ0n) is 12.5. The quantitative estimate of drug-likeness (QED) is 0.919. The van der Waals surface area contributed by atoms with E-state index in [0.29, 0.717) is 23.7 Å². The van der Waals surface area contributed by atoms with E-state index in [4.69, 9.17) is 0 Å². The molecule has 112 valence electrons. The van der Waals surface area contributed by atoms with Crippen LogP contribution in [0.4, 0.5) is 0 Å². The molecule has 1 amide bonds. The number of hydrogen-bond donors (Lipinski definition) is 1. The van der Waals surface area contributed by atoms with Gasteiger partial charge in [-0.25, -0.2) is 0 Å². The molecule has 5 heteroatoms. The summed E-state index contributed by atoms with van der Waals surface area (Å²) >= 11 is 0. The maximum Gasteiger partial charge on any atom is 0.272 e. The van der Waals surface area contributed by atoms with Gasteiger partial charge in [-0.2, -0.15) is 5.10 Å². The predicted molar refractivity (Wildman–Crippen MR) is 79.1 cm³/mol. The van der Waals surface area contributed by atoms with Gasteiger partial charge in [-0.05, 0) is 63.1 Å². The number of carbonyl (C=O) groups excluding carboxylic acids is 1. The normalized spacial score (nSPS) is 32.1. The first-order chi connectivity index (χ1) is 10.2. The highest BCUT2D eigenvalue weighted by Crippen LogP contribution is 2.39. The van der Waals surface area contributed by atoms with E-state index in [1.807, 2.05) is 6.07 Å². The Hall–Kier alpha value is -1.49. The van der Waals surface area contributed by atoms with Gasteiger partial charge in [0.15, 0.2) is 5.69 Å². The minimum Gasteiger partial charge on any atom is -0.348 e. The lowest BCUT2D eigenvalue weighted by molar-refractivity contribution is 0.0876. The van der Waals surface area contributed by atoms with Crippen LogP contribution in [0.5, 0.6) is 0 Å². The van der Waals surface area contributed by atoms with Gasteiger partial charge in [0, 0.05) is 18.1 Å². The Morgan fingerprint density at radius 3 is 2.62 bits per heavy atom. The molecule has 5 nitrogen and oxygen atoms in total. The molecule has 3 fully saturated rings. The van der Waals surface area contributed by atoms with E-state index in [9.17, 15) is 4.79 Å². The summed E-state index contributed by atoms with van der Waals surface area (Å²) in [6.45, 7) is 0. The molecule has 1 saturated carbocycles. The number of amides is 1. The van der Waals surface area contributed by atoms with Crippen LogP contribution in [0.1, 0.15) is 60.5 Å². The van der Waals surface area contributed by atoms with Crippen molar-refractivity contribution in [3.8, 4) is 0 Å². The monoisotopic (exact) mass is 286 g/mol. The average Bonchev–Trinajstić information content (AvgIpc) is 3.30. The van der Waals surface area contributed by atoms with Gasteiger partial charge in [0.1, 0.15) is 0 Å². The Morgan fingerprint density at radius 1 is 1.24 bits per heavy atom. The SMILES string of the molecule is CN1C2CCC1CC(NC(=O)c1cc(C3CC3)cnn1)C2. The van der Waals surface area contributed by atoms with Crippen molar-refractivity contribution in [2.75, 3.05) is 7.05 Å². The fraction of sp³-hybridized carbons (Fsp3) is 0.688. The second-order valence-corrected chi connectivity index (χ2v) is 6.84. The third kappa shape index (κ3) is 2.55. The summed E-state index contributed by atoms with van der Waals surface area (Å²) in [6.07, 6.45) is 8.89. The van der Waals surface area contributed by atoms with E-state index in [2.05, 4.69) is 27.5 Å². The molecule has 2 unspecified atom stereocenters. The van der Waals surface area contributed by atoms with Gasteiger partial charge in [0.05, 0.1) is 6.20 Å². The molecule has 2 saturated heterocycles. The lowest BCUT2D eigenvalue weighted by atomic mass is 9.98. The molecule has 3 aliphatic rings. The Bertz CT molecular complexity index is 543. The maximum atomic E-state index is 12.4. The third-order valence-electron chi connectivity index (χ3n) is 5.39. The lowest BCUT2D eigenvalue weighted by Gasteiger charge is -2.36. The standard InChI is InChI=1S/C16H22N4O/c1-20-13-4-5-14(20)8-12(7-13)18-16(21)15-6-11(9-17-19-15)10-2-3-10/h6,9-10,12-14H,2-5,7-8H2,1H3,(H,18,21). The van der Waals surface area contributed by atoms with Crippen LogP contribution in [-0.4, -0.2) is 46.2 Å². The number of nitrogens with zero attached hydrogens (tertiary/aromatic N) is 3. The van der Waals surface area contributed by atoms with Crippen LogP contribution in [0.2, 0.25) is 0 Å². The first-order valence-electron chi connectivity index (χ1n) is 8.06. The molecular formula is C16H22N4O. The van der Waals surface area contributed by atoms with Gasteiger partial charge >= 0.3 is 0 Å². The second-order valence-electron chi connectivity index (χ2n) is 6.84. The van der Waals surface area contributed by atoms with Crippen molar-refractivity contribution in [2.45, 2.75) is 62.6 Å². The van der Waals surface area contributed by atoms with Crippen molar-refractivity contribution in [3.05, 3.63) is 23.5 Å². The Kier molecular flexibility index (Phi) is 3.17. The minimum absolute atomic E-state index is 0.0565. The van der Waals surface area contributed by atoms with Crippen molar-refractivity contribution in [1.82, 2.24) is 20.4 Å². The van der Waals surface area contributed by atoms with Crippen LogP contribution >= 0.6 is 0 Å². The van der Waals surface area contributed by atoms with Crippen LogP contribution in [0.3, 0.4) is 0 Å². The van der Waals surface area contributed by atoms with Gasteiger partial charge in [-0.15, -0.1) is 5.10 Å². The molecule has 1 N–H and O–H groups in total. The molecule has 1 aliphatic carbocycles. The summed E-state index contributed by atoms with van der Waals surface area (Å²) in [5.74, 6) is 0.546. The summed E-state index contributed by atoms with van der Waals surface area (Å²) in [6, 6.07) is 3.48. The molecule has 0 aromatic carbocycles. The van der Waals surface area contributed by atoms with Crippen LogP contribution in [0.25, 0.3) is 0 Å². The van der Waals surface area contributed by atoms with Gasteiger partial charge in [0.25, 0.3) is 5.91 Å². The number of rotatable bonds is 3. The summed E-state index contributed by atoms with van der Waals surface area (Å²) in [5, 5.41) is 11.2. The van der Waals surface area contributed by atoms with E-state index in [-0.39, 0.29) is 11.9 Å². The zero-order chi connectivity index (χ0) is 14.4. The highest BCUT2D eigenvalue weighted by atomic mass is 16.2.